The first-order chi connectivity index (χ1) is 16.2. The monoisotopic (exact) mass is 523 g/mol. The van der Waals surface area contributed by atoms with E-state index < -0.39 is 16.7 Å². The summed E-state index contributed by atoms with van der Waals surface area (Å²) in [6.07, 6.45) is 1.45. The SMILES string of the molecule is COc1ccc(C(=O)NC(=Cc2ccc([N+](=O)[O-])cc2)C(=O)Nc2ccc(C)c(C)c2)cc1Br. The minimum absolute atomic E-state index is 0.0241. The van der Waals surface area contributed by atoms with Gasteiger partial charge < -0.3 is 15.4 Å². The van der Waals surface area contributed by atoms with Crippen molar-refractivity contribution in [1.29, 1.82) is 0 Å². The summed E-state index contributed by atoms with van der Waals surface area (Å²) in [6.45, 7) is 3.90. The summed E-state index contributed by atoms with van der Waals surface area (Å²) in [4.78, 5) is 36.4. The summed E-state index contributed by atoms with van der Waals surface area (Å²) in [6, 6.07) is 15.9. The highest BCUT2D eigenvalue weighted by atomic mass is 79.9. The summed E-state index contributed by atoms with van der Waals surface area (Å²) in [5.74, 6) is -0.486. The highest BCUT2D eigenvalue weighted by Gasteiger charge is 2.17. The number of hydrogen-bond donors (Lipinski definition) is 2. The Kier molecular flexibility index (Phi) is 7.80. The number of ether oxygens (including phenoxy) is 1. The molecular weight excluding hydrogens is 502 g/mol. The zero-order valence-corrected chi connectivity index (χ0v) is 20.3. The first kappa shape index (κ1) is 24.7. The molecule has 2 amide bonds. The standard InChI is InChI=1S/C25H22BrN3O5/c1-15-4-8-19(12-16(15)2)27-25(31)22(13-17-5-9-20(10-6-17)29(32)33)28-24(30)18-7-11-23(34-3)21(26)14-18/h4-14H,1-3H3,(H,27,31)(H,28,30). The number of nitro groups is 1. The molecular formula is C25H22BrN3O5. The fourth-order valence-corrected chi connectivity index (χ4v) is 3.58. The third kappa shape index (κ3) is 6.08. The molecule has 0 saturated carbocycles. The van der Waals surface area contributed by atoms with Gasteiger partial charge >= 0.3 is 0 Å². The number of nitro benzene ring substituents is 1. The summed E-state index contributed by atoms with van der Waals surface area (Å²) in [5.41, 5.74) is 3.37. The molecule has 2 N–H and O–H groups in total. The lowest BCUT2D eigenvalue weighted by Crippen LogP contribution is -2.30. The predicted molar refractivity (Wildman–Crippen MR) is 134 cm³/mol. The number of non-ortho nitro benzene ring substituents is 1. The number of carbonyl (C=O) groups excluding carboxylic acids is 2. The van der Waals surface area contributed by atoms with E-state index in [1.807, 2.05) is 26.0 Å². The average Bonchev–Trinajstić information content (AvgIpc) is 2.81. The van der Waals surface area contributed by atoms with Gasteiger partial charge in [0.15, 0.2) is 0 Å². The van der Waals surface area contributed by atoms with Gasteiger partial charge in [0, 0.05) is 23.4 Å². The number of nitrogens with zero attached hydrogens (tertiary/aromatic N) is 1. The molecule has 0 aliphatic carbocycles. The second-order valence-electron chi connectivity index (χ2n) is 7.46. The Labute approximate surface area is 204 Å². The van der Waals surface area contributed by atoms with E-state index >= 15 is 0 Å². The molecule has 0 aliphatic heterocycles. The molecule has 3 aromatic rings. The fraction of sp³-hybridized carbons (Fsp3) is 0.120. The number of methoxy groups -OCH3 is 1. The lowest BCUT2D eigenvalue weighted by atomic mass is 10.1. The highest BCUT2D eigenvalue weighted by molar-refractivity contribution is 9.10. The van der Waals surface area contributed by atoms with E-state index in [0.29, 0.717) is 27.0 Å². The molecule has 0 aliphatic rings. The molecule has 0 radical (unpaired) electrons. The van der Waals surface area contributed by atoms with Gasteiger partial charge in [0.05, 0.1) is 16.5 Å². The van der Waals surface area contributed by atoms with Crippen molar-refractivity contribution in [2.75, 3.05) is 12.4 Å². The van der Waals surface area contributed by atoms with Gasteiger partial charge in [-0.05, 0) is 95.0 Å². The molecule has 3 rings (SSSR count). The minimum atomic E-state index is -0.539. The number of aryl methyl sites for hydroxylation is 2. The summed E-state index contributed by atoms with van der Waals surface area (Å²) < 4.78 is 5.77. The third-order valence-electron chi connectivity index (χ3n) is 5.09. The molecule has 0 fully saturated rings. The van der Waals surface area contributed by atoms with Crippen LogP contribution >= 0.6 is 15.9 Å². The molecule has 3 aromatic carbocycles. The van der Waals surface area contributed by atoms with Crippen molar-refractivity contribution < 1.29 is 19.2 Å². The molecule has 34 heavy (non-hydrogen) atoms. The van der Waals surface area contributed by atoms with Crippen molar-refractivity contribution in [3.05, 3.63) is 103 Å². The zero-order chi connectivity index (χ0) is 24.8. The van der Waals surface area contributed by atoms with Gasteiger partial charge in [-0.25, -0.2) is 0 Å². The first-order valence-corrected chi connectivity index (χ1v) is 11.0. The van der Waals surface area contributed by atoms with Crippen molar-refractivity contribution >= 4 is 45.2 Å². The van der Waals surface area contributed by atoms with Gasteiger partial charge in [0.25, 0.3) is 17.5 Å². The second kappa shape index (κ2) is 10.8. The van der Waals surface area contributed by atoms with E-state index in [0.717, 1.165) is 11.1 Å². The largest absolute Gasteiger partial charge is 0.496 e. The summed E-state index contributed by atoms with van der Waals surface area (Å²) in [7, 11) is 1.52. The van der Waals surface area contributed by atoms with E-state index in [1.165, 1.54) is 37.5 Å². The lowest BCUT2D eigenvalue weighted by Gasteiger charge is -2.13. The van der Waals surface area contributed by atoms with Crippen LogP contribution in [-0.4, -0.2) is 23.8 Å². The smallest absolute Gasteiger partial charge is 0.272 e. The lowest BCUT2D eigenvalue weighted by molar-refractivity contribution is -0.384. The molecule has 8 nitrogen and oxygen atoms in total. The Bertz CT molecular complexity index is 1290. The maximum absolute atomic E-state index is 13.1. The maximum Gasteiger partial charge on any atom is 0.272 e. The van der Waals surface area contributed by atoms with Crippen LogP contribution in [0.15, 0.2) is 70.8 Å². The van der Waals surface area contributed by atoms with Gasteiger partial charge in [-0.2, -0.15) is 0 Å². The molecule has 0 heterocycles. The van der Waals surface area contributed by atoms with E-state index in [9.17, 15) is 19.7 Å². The number of halogens is 1. The van der Waals surface area contributed by atoms with E-state index in [-0.39, 0.29) is 11.4 Å². The van der Waals surface area contributed by atoms with Gasteiger partial charge in [-0.15, -0.1) is 0 Å². The van der Waals surface area contributed by atoms with Crippen LogP contribution in [0, 0.1) is 24.0 Å². The van der Waals surface area contributed by atoms with Crippen LogP contribution in [0.1, 0.15) is 27.0 Å². The Morgan fingerprint density at radius 3 is 2.29 bits per heavy atom. The molecule has 0 spiro atoms. The van der Waals surface area contributed by atoms with Crippen molar-refractivity contribution in [1.82, 2.24) is 5.32 Å². The van der Waals surface area contributed by atoms with E-state index in [4.69, 9.17) is 4.74 Å². The van der Waals surface area contributed by atoms with Crippen LogP contribution in [0.3, 0.4) is 0 Å². The maximum atomic E-state index is 13.1. The predicted octanol–water partition coefficient (Wildman–Crippen LogP) is 5.39. The molecule has 0 atom stereocenters. The Hall–Kier alpha value is -3.98. The zero-order valence-electron chi connectivity index (χ0n) is 18.7. The van der Waals surface area contributed by atoms with Crippen LogP contribution in [-0.2, 0) is 4.79 Å². The van der Waals surface area contributed by atoms with Crippen LogP contribution in [0.4, 0.5) is 11.4 Å². The number of anilines is 1. The molecule has 0 aromatic heterocycles. The first-order valence-electron chi connectivity index (χ1n) is 10.2. The highest BCUT2D eigenvalue weighted by Crippen LogP contribution is 2.25. The number of benzene rings is 3. The van der Waals surface area contributed by atoms with Gasteiger partial charge in [0.1, 0.15) is 11.4 Å². The Balaban J connectivity index is 1.92. The van der Waals surface area contributed by atoms with Crippen LogP contribution in [0.2, 0.25) is 0 Å². The van der Waals surface area contributed by atoms with Gasteiger partial charge in [-0.1, -0.05) is 6.07 Å². The van der Waals surface area contributed by atoms with Crippen molar-refractivity contribution in [3.63, 3.8) is 0 Å². The summed E-state index contributed by atoms with van der Waals surface area (Å²) >= 11 is 3.35. The number of carbonyl (C=O) groups is 2. The summed E-state index contributed by atoms with van der Waals surface area (Å²) in [5, 5.41) is 16.4. The molecule has 9 heteroatoms. The molecule has 174 valence electrons. The minimum Gasteiger partial charge on any atom is -0.496 e. The van der Waals surface area contributed by atoms with Crippen molar-refractivity contribution in [2.24, 2.45) is 0 Å². The molecule has 0 bridgehead atoms. The van der Waals surface area contributed by atoms with Crippen molar-refractivity contribution in [3.8, 4) is 5.75 Å². The van der Waals surface area contributed by atoms with E-state index in [1.54, 1.807) is 24.3 Å². The quantitative estimate of drug-likeness (QED) is 0.245. The van der Waals surface area contributed by atoms with Crippen LogP contribution < -0.4 is 15.4 Å². The number of amides is 2. The average molecular weight is 524 g/mol. The van der Waals surface area contributed by atoms with E-state index in [2.05, 4.69) is 26.6 Å². The van der Waals surface area contributed by atoms with Gasteiger partial charge in [-0.3, -0.25) is 19.7 Å². The van der Waals surface area contributed by atoms with Gasteiger partial charge in [0.2, 0.25) is 0 Å². The number of hydrogen-bond acceptors (Lipinski definition) is 5. The number of rotatable bonds is 7. The molecule has 0 unspecified atom stereocenters. The van der Waals surface area contributed by atoms with Crippen LogP contribution in [0.5, 0.6) is 5.75 Å². The number of nitrogens with one attached hydrogen (secondary N) is 2. The normalized spacial score (nSPS) is 11.0. The molecule has 0 saturated heterocycles. The third-order valence-corrected chi connectivity index (χ3v) is 5.71. The van der Waals surface area contributed by atoms with Crippen molar-refractivity contribution in [2.45, 2.75) is 13.8 Å². The topological polar surface area (TPSA) is 111 Å². The second-order valence-corrected chi connectivity index (χ2v) is 8.32. The Morgan fingerprint density at radius 2 is 1.71 bits per heavy atom. The fourth-order valence-electron chi connectivity index (χ4n) is 3.04. The Morgan fingerprint density at radius 1 is 1.00 bits per heavy atom. The van der Waals surface area contributed by atoms with Crippen LogP contribution in [0.25, 0.3) is 6.08 Å².